The second kappa shape index (κ2) is 12.1. The van der Waals surface area contributed by atoms with Crippen LogP contribution in [0.1, 0.15) is 11.1 Å². The molecule has 6 rings (SSSR count). The van der Waals surface area contributed by atoms with Crippen molar-refractivity contribution in [2.45, 2.75) is 13.8 Å². The van der Waals surface area contributed by atoms with E-state index >= 15 is 4.39 Å². The fourth-order valence-corrected chi connectivity index (χ4v) is 5.29. The van der Waals surface area contributed by atoms with Gasteiger partial charge in [0.1, 0.15) is 17.4 Å². The van der Waals surface area contributed by atoms with Gasteiger partial charge in [-0.15, -0.1) is 0 Å². The van der Waals surface area contributed by atoms with Crippen molar-refractivity contribution < 1.29 is 13.9 Å². The lowest BCUT2D eigenvalue weighted by Gasteiger charge is -2.34. The minimum atomic E-state index is -0.611. The first-order valence-corrected chi connectivity index (χ1v) is 14.3. The Hall–Kier alpha value is -5.02. The molecule has 0 spiro atoms. The van der Waals surface area contributed by atoms with Crippen molar-refractivity contribution in [3.05, 3.63) is 108 Å². The van der Waals surface area contributed by atoms with Gasteiger partial charge in [-0.1, -0.05) is 48.5 Å². The van der Waals surface area contributed by atoms with E-state index in [1.165, 1.54) is 11.0 Å². The Labute approximate surface area is 250 Å². The standard InChI is InChI=1S/C34H33FN6O2/c1-23-7-6-8-24(2)32(23)43-34(42)41(28-13-11-25-9-4-5-10-26(25)21-28)31-15-16-36-33(38-31)37-27-12-14-30(29(35)22-27)40-19-17-39(3)18-20-40/h4-16,21-22H,17-20H2,1-3H3,(H,36,37,38). The van der Waals surface area contributed by atoms with Crippen molar-refractivity contribution in [2.75, 3.05) is 48.3 Å². The summed E-state index contributed by atoms with van der Waals surface area (Å²) in [4.78, 5) is 28.5. The van der Waals surface area contributed by atoms with E-state index in [4.69, 9.17) is 4.74 Å². The molecule has 0 saturated carbocycles. The molecule has 9 heteroatoms. The molecule has 8 nitrogen and oxygen atoms in total. The third-order valence-electron chi connectivity index (χ3n) is 7.69. The average Bonchev–Trinajstić information content (AvgIpc) is 3.00. The molecule has 1 aliphatic heterocycles. The number of rotatable bonds is 6. The van der Waals surface area contributed by atoms with Crippen LogP contribution in [0.4, 0.5) is 38.0 Å². The number of aryl methyl sites for hydroxylation is 2. The number of para-hydroxylation sites is 1. The summed E-state index contributed by atoms with van der Waals surface area (Å²) >= 11 is 0. The van der Waals surface area contributed by atoms with Crippen molar-refractivity contribution in [3.63, 3.8) is 0 Å². The predicted molar refractivity (Wildman–Crippen MR) is 169 cm³/mol. The van der Waals surface area contributed by atoms with Gasteiger partial charge >= 0.3 is 6.09 Å². The number of anilines is 5. The highest BCUT2D eigenvalue weighted by atomic mass is 19.1. The van der Waals surface area contributed by atoms with E-state index in [9.17, 15) is 4.79 Å². The number of hydrogen-bond acceptors (Lipinski definition) is 7. The van der Waals surface area contributed by atoms with Crippen LogP contribution in [0.3, 0.4) is 0 Å². The Morgan fingerprint density at radius 2 is 1.63 bits per heavy atom. The number of fused-ring (bicyclic) bond motifs is 1. The number of carbonyl (C=O) groups excluding carboxylic acids is 1. The summed E-state index contributed by atoms with van der Waals surface area (Å²) in [6.07, 6.45) is 0.944. The van der Waals surface area contributed by atoms with E-state index < -0.39 is 6.09 Å². The molecular weight excluding hydrogens is 543 g/mol. The maximum absolute atomic E-state index is 15.2. The molecule has 0 bridgehead atoms. The van der Waals surface area contributed by atoms with Crippen molar-refractivity contribution in [1.29, 1.82) is 0 Å². The summed E-state index contributed by atoms with van der Waals surface area (Å²) in [6.45, 7) is 7.12. The average molecular weight is 577 g/mol. The molecule has 43 heavy (non-hydrogen) atoms. The number of carbonyl (C=O) groups is 1. The molecule has 5 aromatic rings. The van der Waals surface area contributed by atoms with E-state index in [1.54, 1.807) is 18.3 Å². The van der Waals surface area contributed by atoms with E-state index in [-0.39, 0.29) is 11.8 Å². The molecule has 1 saturated heterocycles. The summed E-state index contributed by atoms with van der Waals surface area (Å²) < 4.78 is 21.1. The van der Waals surface area contributed by atoms with Crippen LogP contribution in [0, 0.1) is 19.7 Å². The molecule has 1 fully saturated rings. The van der Waals surface area contributed by atoms with Gasteiger partial charge in [0.05, 0.1) is 11.4 Å². The Bertz CT molecular complexity index is 1770. The first-order chi connectivity index (χ1) is 20.9. The van der Waals surface area contributed by atoms with Gasteiger partial charge in [-0.2, -0.15) is 4.98 Å². The topological polar surface area (TPSA) is 73.8 Å². The number of benzene rings is 4. The van der Waals surface area contributed by atoms with Crippen LogP contribution in [0.25, 0.3) is 10.8 Å². The van der Waals surface area contributed by atoms with E-state index in [0.717, 1.165) is 48.1 Å². The number of piperazine rings is 1. The number of hydrogen-bond donors (Lipinski definition) is 1. The smallest absolute Gasteiger partial charge is 0.409 e. The van der Waals surface area contributed by atoms with Crippen LogP contribution in [0.5, 0.6) is 5.75 Å². The number of nitrogens with zero attached hydrogens (tertiary/aromatic N) is 5. The molecule has 1 amide bonds. The molecular formula is C34H33FN6O2. The zero-order valence-corrected chi connectivity index (χ0v) is 24.4. The molecule has 0 atom stereocenters. The third-order valence-corrected chi connectivity index (χ3v) is 7.69. The van der Waals surface area contributed by atoms with Gasteiger partial charge in [0.15, 0.2) is 0 Å². The number of amides is 1. The highest BCUT2D eigenvalue weighted by molar-refractivity contribution is 5.99. The Balaban J connectivity index is 1.31. The molecule has 2 heterocycles. The molecule has 1 aromatic heterocycles. The zero-order chi connectivity index (χ0) is 29.9. The van der Waals surface area contributed by atoms with Gasteiger partial charge in [0.2, 0.25) is 5.95 Å². The molecule has 1 N–H and O–H groups in total. The number of ether oxygens (including phenoxy) is 1. The Morgan fingerprint density at radius 1 is 0.884 bits per heavy atom. The Morgan fingerprint density at radius 3 is 2.37 bits per heavy atom. The third kappa shape index (κ3) is 6.12. The summed E-state index contributed by atoms with van der Waals surface area (Å²) in [5.74, 6) is 0.704. The van der Waals surface area contributed by atoms with Crippen molar-refractivity contribution >= 4 is 45.7 Å². The monoisotopic (exact) mass is 576 g/mol. The minimum Gasteiger partial charge on any atom is -0.409 e. The van der Waals surface area contributed by atoms with Crippen molar-refractivity contribution in [1.82, 2.24) is 14.9 Å². The van der Waals surface area contributed by atoms with Crippen molar-refractivity contribution in [2.24, 2.45) is 0 Å². The molecule has 4 aromatic carbocycles. The van der Waals surface area contributed by atoms with E-state index in [2.05, 4.69) is 32.1 Å². The normalized spacial score (nSPS) is 13.6. The number of halogens is 1. The van der Waals surface area contributed by atoms with Crippen molar-refractivity contribution in [3.8, 4) is 5.75 Å². The lowest BCUT2D eigenvalue weighted by Crippen LogP contribution is -2.44. The fourth-order valence-electron chi connectivity index (χ4n) is 5.29. The van der Waals surface area contributed by atoms with Gasteiger partial charge in [0, 0.05) is 44.1 Å². The summed E-state index contributed by atoms with van der Waals surface area (Å²) in [5.41, 5.74) is 3.35. The maximum Gasteiger partial charge on any atom is 0.425 e. The van der Waals surface area contributed by atoms with Gasteiger partial charge in [-0.05, 0) is 73.1 Å². The quantitative estimate of drug-likeness (QED) is 0.229. The van der Waals surface area contributed by atoms with Crippen LogP contribution >= 0.6 is 0 Å². The van der Waals surface area contributed by atoms with Crippen LogP contribution < -0.4 is 19.9 Å². The zero-order valence-electron chi connectivity index (χ0n) is 24.4. The summed E-state index contributed by atoms with van der Waals surface area (Å²) in [6, 6.07) is 26.0. The molecule has 218 valence electrons. The first kappa shape index (κ1) is 28.1. The highest BCUT2D eigenvalue weighted by Crippen LogP contribution is 2.32. The molecule has 0 radical (unpaired) electrons. The second-order valence-electron chi connectivity index (χ2n) is 10.8. The highest BCUT2D eigenvalue weighted by Gasteiger charge is 2.24. The molecule has 0 unspecified atom stereocenters. The van der Waals surface area contributed by atoms with Crippen LogP contribution in [0.15, 0.2) is 91.1 Å². The second-order valence-corrected chi connectivity index (χ2v) is 10.8. The van der Waals surface area contributed by atoms with Gasteiger partial charge < -0.3 is 19.9 Å². The predicted octanol–water partition coefficient (Wildman–Crippen LogP) is 7.22. The lowest BCUT2D eigenvalue weighted by molar-refractivity contribution is 0.209. The number of likely N-dealkylation sites (N-methyl/N-ethyl adjacent to an activating group) is 1. The van der Waals surface area contributed by atoms with Crippen LogP contribution in [-0.2, 0) is 0 Å². The number of aromatic nitrogens is 2. The maximum atomic E-state index is 15.2. The van der Waals surface area contributed by atoms with Crippen LogP contribution in [0.2, 0.25) is 0 Å². The van der Waals surface area contributed by atoms with Gasteiger partial charge in [0.25, 0.3) is 0 Å². The largest absolute Gasteiger partial charge is 0.425 e. The number of nitrogens with one attached hydrogen (secondary N) is 1. The SMILES string of the molecule is Cc1cccc(C)c1OC(=O)N(c1ccc2ccccc2c1)c1ccnc(Nc2ccc(N3CCN(C)CC3)c(F)c2)n1. The van der Waals surface area contributed by atoms with Crippen LogP contribution in [-0.4, -0.2) is 54.2 Å². The lowest BCUT2D eigenvalue weighted by atomic mass is 10.1. The summed E-state index contributed by atoms with van der Waals surface area (Å²) in [7, 11) is 2.07. The fraction of sp³-hybridized carbons (Fsp3) is 0.206. The molecule has 0 aliphatic carbocycles. The molecule has 1 aliphatic rings. The van der Waals surface area contributed by atoms with Gasteiger partial charge in [-0.25, -0.2) is 19.1 Å². The summed E-state index contributed by atoms with van der Waals surface area (Å²) in [5, 5.41) is 5.11. The minimum absolute atomic E-state index is 0.218. The van der Waals surface area contributed by atoms with E-state index in [0.29, 0.717) is 28.6 Å². The first-order valence-electron chi connectivity index (χ1n) is 14.3. The van der Waals surface area contributed by atoms with Gasteiger partial charge in [-0.3, -0.25) is 0 Å². The Kier molecular flexibility index (Phi) is 7.89. The van der Waals surface area contributed by atoms with E-state index in [1.807, 2.05) is 80.6 Å².